The SMILES string of the molecule is CN1C(=O)OCCC1(C)c1ccccc1O. The summed E-state index contributed by atoms with van der Waals surface area (Å²) in [6.07, 6.45) is 0.323. The van der Waals surface area contributed by atoms with Crippen LogP contribution in [0.25, 0.3) is 0 Å². The molecule has 1 fully saturated rings. The van der Waals surface area contributed by atoms with Gasteiger partial charge in [0.15, 0.2) is 0 Å². The van der Waals surface area contributed by atoms with Crippen molar-refractivity contribution in [3.05, 3.63) is 29.8 Å². The molecule has 0 aliphatic carbocycles. The first-order valence-electron chi connectivity index (χ1n) is 5.25. The smallest absolute Gasteiger partial charge is 0.410 e. The molecule has 1 aromatic rings. The number of phenols is 1. The number of carbonyl (C=O) groups excluding carboxylic acids is 1. The highest BCUT2D eigenvalue weighted by atomic mass is 16.6. The highest BCUT2D eigenvalue weighted by Gasteiger charge is 2.40. The maximum absolute atomic E-state index is 11.5. The van der Waals surface area contributed by atoms with Crippen LogP contribution in [0, 0.1) is 0 Å². The summed E-state index contributed by atoms with van der Waals surface area (Å²) in [7, 11) is 1.69. The average Bonchev–Trinajstić information content (AvgIpc) is 2.26. The second-order valence-electron chi connectivity index (χ2n) is 4.21. The number of para-hydroxylation sites is 1. The summed E-state index contributed by atoms with van der Waals surface area (Å²) in [5, 5.41) is 9.85. The molecule has 4 heteroatoms. The molecule has 2 rings (SSSR count). The van der Waals surface area contributed by atoms with Gasteiger partial charge in [-0.3, -0.25) is 0 Å². The predicted octanol–water partition coefficient (Wildman–Crippen LogP) is 2.08. The lowest BCUT2D eigenvalue weighted by Crippen LogP contribution is -2.49. The summed E-state index contributed by atoms with van der Waals surface area (Å²) >= 11 is 0. The van der Waals surface area contributed by atoms with Gasteiger partial charge < -0.3 is 14.7 Å². The van der Waals surface area contributed by atoms with E-state index in [1.807, 2.05) is 19.1 Å². The fourth-order valence-corrected chi connectivity index (χ4v) is 2.05. The second-order valence-corrected chi connectivity index (χ2v) is 4.21. The van der Waals surface area contributed by atoms with Crippen molar-refractivity contribution in [3.8, 4) is 5.75 Å². The van der Waals surface area contributed by atoms with Crippen LogP contribution >= 0.6 is 0 Å². The van der Waals surface area contributed by atoms with E-state index in [2.05, 4.69) is 0 Å². The number of hydrogen-bond acceptors (Lipinski definition) is 3. The Morgan fingerprint density at radius 1 is 1.44 bits per heavy atom. The summed E-state index contributed by atoms with van der Waals surface area (Å²) in [4.78, 5) is 13.0. The van der Waals surface area contributed by atoms with Crippen LogP contribution < -0.4 is 0 Å². The number of phenolic OH excluding ortho intramolecular Hbond substituents is 1. The molecule has 1 amide bonds. The Morgan fingerprint density at radius 2 is 2.12 bits per heavy atom. The van der Waals surface area contributed by atoms with E-state index in [1.165, 1.54) is 4.90 Å². The molecular formula is C12H15NO3. The minimum absolute atomic E-state index is 0.214. The van der Waals surface area contributed by atoms with Crippen LogP contribution in [0.3, 0.4) is 0 Å². The zero-order chi connectivity index (χ0) is 11.8. The largest absolute Gasteiger partial charge is 0.508 e. The van der Waals surface area contributed by atoms with E-state index < -0.39 is 5.54 Å². The van der Waals surface area contributed by atoms with Crippen LogP contribution in [0.2, 0.25) is 0 Å². The highest BCUT2D eigenvalue weighted by Crippen LogP contribution is 2.38. The quantitative estimate of drug-likeness (QED) is 0.789. The molecule has 4 nitrogen and oxygen atoms in total. The van der Waals surface area contributed by atoms with Gasteiger partial charge in [0.05, 0.1) is 12.1 Å². The van der Waals surface area contributed by atoms with Gasteiger partial charge in [0.25, 0.3) is 0 Å². The van der Waals surface area contributed by atoms with E-state index in [-0.39, 0.29) is 11.8 Å². The summed E-state index contributed by atoms with van der Waals surface area (Å²) in [6.45, 7) is 2.32. The number of amides is 1. The Hall–Kier alpha value is -1.71. The van der Waals surface area contributed by atoms with Gasteiger partial charge in [-0.05, 0) is 13.0 Å². The molecule has 86 valence electrons. The van der Waals surface area contributed by atoms with Crippen molar-refractivity contribution in [2.45, 2.75) is 18.9 Å². The molecule has 0 bridgehead atoms. The summed E-state index contributed by atoms with van der Waals surface area (Å²) in [6, 6.07) is 7.09. The predicted molar refractivity (Wildman–Crippen MR) is 59.2 cm³/mol. The molecule has 0 aromatic heterocycles. The standard InChI is InChI=1S/C12H15NO3/c1-12(7-8-16-11(15)13(12)2)9-5-3-4-6-10(9)14/h3-6,14H,7-8H2,1-2H3. The maximum atomic E-state index is 11.5. The van der Waals surface area contributed by atoms with Gasteiger partial charge in [0.2, 0.25) is 0 Å². The molecule has 1 N–H and O–H groups in total. The molecule has 1 saturated heterocycles. The van der Waals surface area contributed by atoms with Crippen molar-refractivity contribution in [3.63, 3.8) is 0 Å². The molecule has 1 aromatic carbocycles. The van der Waals surface area contributed by atoms with Crippen molar-refractivity contribution >= 4 is 6.09 Å². The van der Waals surface area contributed by atoms with E-state index in [0.717, 1.165) is 5.56 Å². The third kappa shape index (κ3) is 1.50. The van der Waals surface area contributed by atoms with E-state index in [0.29, 0.717) is 13.0 Å². The zero-order valence-electron chi connectivity index (χ0n) is 9.43. The summed E-state index contributed by atoms with van der Waals surface area (Å²) < 4.78 is 4.95. The lowest BCUT2D eigenvalue weighted by atomic mass is 9.86. The Balaban J connectivity index is 2.45. The summed E-state index contributed by atoms with van der Waals surface area (Å²) in [5.74, 6) is 0.214. The number of nitrogens with zero attached hydrogens (tertiary/aromatic N) is 1. The number of cyclic esters (lactones) is 1. The fourth-order valence-electron chi connectivity index (χ4n) is 2.05. The average molecular weight is 221 g/mol. The van der Waals surface area contributed by atoms with E-state index in [9.17, 15) is 9.90 Å². The van der Waals surface area contributed by atoms with Gasteiger partial charge in [0.1, 0.15) is 5.75 Å². The summed E-state index contributed by atoms with van der Waals surface area (Å²) in [5.41, 5.74) is 0.259. The normalized spacial score (nSPS) is 25.4. The molecule has 0 saturated carbocycles. The van der Waals surface area contributed by atoms with Crippen molar-refractivity contribution < 1.29 is 14.6 Å². The van der Waals surface area contributed by atoms with Crippen LogP contribution in [-0.2, 0) is 10.3 Å². The zero-order valence-corrected chi connectivity index (χ0v) is 9.43. The van der Waals surface area contributed by atoms with Crippen molar-refractivity contribution in [2.75, 3.05) is 13.7 Å². The Kier molecular flexibility index (Phi) is 2.50. The monoisotopic (exact) mass is 221 g/mol. The number of benzene rings is 1. The Labute approximate surface area is 94.4 Å². The number of rotatable bonds is 1. The van der Waals surface area contributed by atoms with Crippen LogP contribution in [0.15, 0.2) is 24.3 Å². The lowest BCUT2D eigenvalue weighted by Gasteiger charge is -2.42. The molecule has 1 unspecified atom stereocenters. The van der Waals surface area contributed by atoms with E-state index in [1.54, 1.807) is 19.2 Å². The second kappa shape index (κ2) is 3.70. The van der Waals surface area contributed by atoms with Crippen molar-refractivity contribution in [1.29, 1.82) is 0 Å². The first-order valence-corrected chi connectivity index (χ1v) is 5.25. The minimum Gasteiger partial charge on any atom is -0.508 e. The van der Waals surface area contributed by atoms with Crippen LogP contribution in [0.1, 0.15) is 18.9 Å². The van der Waals surface area contributed by atoms with E-state index in [4.69, 9.17) is 4.74 Å². The minimum atomic E-state index is -0.499. The molecule has 0 radical (unpaired) electrons. The molecular weight excluding hydrogens is 206 g/mol. The van der Waals surface area contributed by atoms with Gasteiger partial charge in [-0.15, -0.1) is 0 Å². The fraction of sp³-hybridized carbons (Fsp3) is 0.417. The third-order valence-electron chi connectivity index (χ3n) is 3.31. The molecule has 16 heavy (non-hydrogen) atoms. The van der Waals surface area contributed by atoms with Crippen molar-refractivity contribution in [2.24, 2.45) is 0 Å². The highest BCUT2D eigenvalue weighted by molar-refractivity contribution is 5.70. The molecule has 1 aliphatic rings. The van der Waals surface area contributed by atoms with Crippen molar-refractivity contribution in [1.82, 2.24) is 4.90 Å². The van der Waals surface area contributed by atoms with Gasteiger partial charge in [-0.1, -0.05) is 18.2 Å². The molecule has 1 aliphatic heterocycles. The van der Waals surface area contributed by atoms with Gasteiger partial charge >= 0.3 is 6.09 Å². The Bertz CT molecular complexity index is 418. The molecule has 0 spiro atoms. The number of ether oxygens (including phenoxy) is 1. The third-order valence-corrected chi connectivity index (χ3v) is 3.31. The molecule has 1 atom stereocenters. The number of aromatic hydroxyl groups is 1. The number of hydrogen-bond donors (Lipinski definition) is 1. The van der Waals surface area contributed by atoms with Crippen LogP contribution in [0.4, 0.5) is 4.79 Å². The van der Waals surface area contributed by atoms with Crippen LogP contribution in [0.5, 0.6) is 5.75 Å². The van der Waals surface area contributed by atoms with E-state index >= 15 is 0 Å². The van der Waals surface area contributed by atoms with Gasteiger partial charge in [-0.25, -0.2) is 4.79 Å². The first kappa shape index (κ1) is 10.8. The van der Waals surface area contributed by atoms with Gasteiger partial charge in [-0.2, -0.15) is 0 Å². The number of carbonyl (C=O) groups is 1. The lowest BCUT2D eigenvalue weighted by molar-refractivity contribution is 0.0138. The maximum Gasteiger partial charge on any atom is 0.410 e. The molecule has 1 heterocycles. The van der Waals surface area contributed by atoms with Gasteiger partial charge in [0, 0.05) is 19.0 Å². The van der Waals surface area contributed by atoms with Crippen LogP contribution in [-0.4, -0.2) is 29.8 Å². The topological polar surface area (TPSA) is 49.8 Å². The Morgan fingerprint density at radius 3 is 2.81 bits per heavy atom. The first-order chi connectivity index (χ1) is 7.55.